The second-order valence-electron chi connectivity index (χ2n) is 7.03. The highest BCUT2D eigenvalue weighted by atomic mass is 31.0. The zero-order valence-corrected chi connectivity index (χ0v) is 13.9. The lowest BCUT2D eigenvalue weighted by atomic mass is 9.80. The van der Waals surface area contributed by atoms with Crippen molar-refractivity contribution in [1.29, 1.82) is 0 Å². The van der Waals surface area contributed by atoms with Crippen molar-refractivity contribution in [3.05, 3.63) is 29.3 Å². The minimum absolute atomic E-state index is 0.0934. The van der Waals surface area contributed by atoms with E-state index >= 15 is 0 Å². The molecule has 2 atom stereocenters. The summed E-state index contributed by atoms with van der Waals surface area (Å²) in [7, 11) is 2.68. The van der Waals surface area contributed by atoms with Gasteiger partial charge in [0.2, 0.25) is 0 Å². The summed E-state index contributed by atoms with van der Waals surface area (Å²) >= 11 is 0. The number of ether oxygens (including phenoxy) is 1. The van der Waals surface area contributed by atoms with Crippen molar-refractivity contribution in [2.45, 2.75) is 65.1 Å². The Bertz CT molecular complexity index is 408. The van der Waals surface area contributed by atoms with Gasteiger partial charge in [0, 0.05) is 0 Å². The molecule has 0 spiro atoms. The Labute approximate surface area is 115 Å². The minimum atomic E-state index is 0.0934. The third-order valence-corrected chi connectivity index (χ3v) is 3.10. The zero-order chi connectivity index (χ0) is 14.1. The molecule has 0 amide bonds. The van der Waals surface area contributed by atoms with E-state index in [4.69, 9.17) is 4.74 Å². The summed E-state index contributed by atoms with van der Waals surface area (Å²) in [6.45, 7) is 15.5. The van der Waals surface area contributed by atoms with Crippen LogP contribution in [0.4, 0.5) is 0 Å². The van der Waals surface area contributed by atoms with Crippen molar-refractivity contribution in [2.75, 3.05) is 0 Å². The fourth-order valence-electron chi connectivity index (χ4n) is 1.89. The maximum Gasteiger partial charge on any atom is 0.123 e. The number of hydrogen-bond donors (Lipinski definition) is 0. The fourth-order valence-corrected chi connectivity index (χ4v) is 2.03. The summed E-state index contributed by atoms with van der Waals surface area (Å²) in [5, 5.41) is 0. The van der Waals surface area contributed by atoms with Crippen LogP contribution in [0, 0.1) is 0 Å². The maximum absolute atomic E-state index is 5.90. The molecule has 0 heterocycles. The van der Waals surface area contributed by atoms with Gasteiger partial charge >= 0.3 is 0 Å². The van der Waals surface area contributed by atoms with Crippen LogP contribution in [0.5, 0.6) is 5.75 Å². The van der Waals surface area contributed by atoms with E-state index in [1.54, 1.807) is 0 Å². The van der Waals surface area contributed by atoms with E-state index in [9.17, 15) is 0 Å². The topological polar surface area (TPSA) is 9.23 Å². The normalized spacial score (nSPS) is 14.4. The molecule has 1 aromatic carbocycles. The maximum atomic E-state index is 5.90. The Hall–Kier alpha value is -0.550. The van der Waals surface area contributed by atoms with Crippen LogP contribution in [0.1, 0.15) is 59.6 Å². The van der Waals surface area contributed by atoms with Crippen molar-refractivity contribution >= 4 is 9.24 Å². The zero-order valence-electron chi connectivity index (χ0n) is 12.8. The Balaban J connectivity index is 3.30. The van der Waals surface area contributed by atoms with Crippen molar-refractivity contribution in [3.8, 4) is 5.75 Å². The average molecular weight is 266 g/mol. The molecule has 102 valence electrons. The minimum Gasteiger partial charge on any atom is -0.487 e. The number of rotatable bonds is 2. The second-order valence-corrected chi connectivity index (χ2v) is 7.97. The molecular formula is C16H27OP. The summed E-state index contributed by atoms with van der Waals surface area (Å²) < 4.78 is 5.90. The third-order valence-electron chi connectivity index (χ3n) is 2.97. The number of hydrogen-bond acceptors (Lipinski definition) is 1. The summed E-state index contributed by atoms with van der Waals surface area (Å²) in [6, 6.07) is 6.59. The van der Waals surface area contributed by atoms with Gasteiger partial charge in [-0.15, -0.1) is 0 Å². The molecule has 0 saturated heterocycles. The molecule has 0 N–H and O–H groups in total. The molecule has 0 fully saturated rings. The van der Waals surface area contributed by atoms with Crippen LogP contribution in [0.3, 0.4) is 0 Å². The van der Waals surface area contributed by atoms with Gasteiger partial charge in [0.15, 0.2) is 0 Å². The predicted molar refractivity (Wildman–Crippen MR) is 83.6 cm³/mol. The van der Waals surface area contributed by atoms with Gasteiger partial charge in [-0.1, -0.05) is 62.9 Å². The van der Waals surface area contributed by atoms with Crippen LogP contribution in [0.25, 0.3) is 0 Å². The monoisotopic (exact) mass is 266 g/mol. The van der Waals surface area contributed by atoms with Crippen LogP contribution >= 0.6 is 9.24 Å². The van der Waals surface area contributed by atoms with Gasteiger partial charge in [0.05, 0.1) is 0 Å². The predicted octanol–water partition coefficient (Wildman–Crippen LogP) is 4.88. The first kappa shape index (κ1) is 15.5. The number of benzene rings is 1. The van der Waals surface area contributed by atoms with E-state index in [-0.39, 0.29) is 16.7 Å². The highest BCUT2D eigenvalue weighted by Gasteiger charge is 2.23. The molecule has 18 heavy (non-hydrogen) atoms. The van der Waals surface area contributed by atoms with Crippen LogP contribution in [-0.2, 0) is 10.8 Å². The Morgan fingerprint density at radius 3 is 1.94 bits per heavy atom. The first-order valence-electron chi connectivity index (χ1n) is 6.59. The first-order chi connectivity index (χ1) is 8.01. The molecule has 0 bridgehead atoms. The molecule has 1 aromatic rings. The molecule has 0 aliphatic carbocycles. The molecule has 2 heteroatoms. The van der Waals surface area contributed by atoms with Gasteiger partial charge in [-0.05, 0) is 34.9 Å². The Morgan fingerprint density at radius 1 is 1.00 bits per heavy atom. The summed E-state index contributed by atoms with van der Waals surface area (Å²) in [6.07, 6.45) is 0. The van der Waals surface area contributed by atoms with Gasteiger partial charge < -0.3 is 4.74 Å². The van der Waals surface area contributed by atoms with Gasteiger partial charge in [-0.2, -0.15) is 0 Å². The second kappa shape index (κ2) is 5.21. The quantitative estimate of drug-likeness (QED) is 0.693. The van der Waals surface area contributed by atoms with E-state index < -0.39 is 0 Å². The molecule has 1 nitrogen and oxygen atoms in total. The summed E-state index contributed by atoms with van der Waals surface area (Å²) in [5.74, 6) is 1.13. The molecule has 0 aromatic heterocycles. The van der Waals surface area contributed by atoms with Crippen molar-refractivity contribution in [1.82, 2.24) is 0 Å². The van der Waals surface area contributed by atoms with E-state index in [0.29, 0.717) is 0 Å². The summed E-state index contributed by atoms with van der Waals surface area (Å²) in [5.41, 5.74) is 2.90. The average Bonchev–Trinajstić information content (AvgIpc) is 2.13. The molecule has 0 radical (unpaired) electrons. The van der Waals surface area contributed by atoms with Gasteiger partial charge in [0.1, 0.15) is 11.6 Å². The van der Waals surface area contributed by atoms with Gasteiger partial charge in [0.25, 0.3) is 0 Å². The Morgan fingerprint density at radius 2 is 1.56 bits per heavy atom. The van der Waals surface area contributed by atoms with E-state index in [0.717, 1.165) is 5.75 Å². The van der Waals surface area contributed by atoms with E-state index in [2.05, 4.69) is 69.0 Å². The van der Waals surface area contributed by atoms with Crippen LogP contribution in [-0.4, -0.2) is 5.85 Å². The fraction of sp³-hybridized carbons (Fsp3) is 0.625. The highest BCUT2D eigenvalue weighted by molar-refractivity contribution is 7.17. The molecular weight excluding hydrogens is 239 g/mol. The van der Waals surface area contributed by atoms with E-state index in [1.807, 2.05) is 6.92 Å². The van der Waals surface area contributed by atoms with Gasteiger partial charge in [-0.25, -0.2) is 0 Å². The first-order valence-corrected chi connectivity index (χ1v) is 7.26. The molecule has 2 unspecified atom stereocenters. The van der Waals surface area contributed by atoms with E-state index in [1.165, 1.54) is 11.1 Å². The van der Waals surface area contributed by atoms with Crippen LogP contribution < -0.4 is 4.74 Å². The molecule has 0 aliphatic heterocycles. The van der Waals surface area contributed by atoms with Crippen molar-refractivity contribution in [3.63, 3.8) is 0 Å². The van der Waals surface area contributed by atoms with Crippen molar-refractivity contribution in [2.24, 2.45) is 0 Å². The largest absolute Gasteiger partial charge is 0.487 e. The molecule has 0 aliphatic rings. The van der Waals surface area contributed by atoms with Gasteiger partial charge in [-0.3, -0.25) is 0 Å². The third kappa shape index (κ3) is 3.99. The molecule has 0 saturated carbocycles. The standard InChI is InChI=1S/C16H27OP/c1-11(18)17-14-9-8-12(15(2,3)4)10-13(14)16(5,6)7/h8-11H,18H2,1-7H3. The van der Waals surface area contributed by atoms with Crippen LogP contribution in [0.15, 0.2) is 18.2 Å². The van der Waals surface area contributed by atoms with Crippen LogP contribution in [0.2, 0.25) is 0 Å². The highest BCUT2D eigenvalue weighted by Crippen LogP contribution is 2.36. The smallest absolute Gasteiger partial charge is 0.123 e. The SMILES string of the molecule is CC(P)Oc1ccc(C(C)(C)C)cc1C(C)(C)C. The summed E-state index contributed by atoms with van der Waals surface area (Å²) in [4.78, 5) is 0. The van der Waals surface area contributed by atoms with Crippen molar-refractivity contribution < 1.29 is 4.74 Å². The molecule has 1 rings (SSSR count). The lowest BCUT2D eigenvalue weighted by Crippen LogP contribution is -2.18. The Kier molecular flexibility index (Phi) is 4.49. The lowest BCUT2D eigenvalue weighted by molar-refractivity contribution is 0.298. The lowest BCUT2D eigenvalue weighted by Gasteiger charge is -2.27.